The van der Waals surface area contributed by atoms with Crippen LogP contribution in [0.5, 0.6) is 11.5 Å². The lowest BCUT2D eigenvalue weighted by Gasteiger charge is -2.30. The molecular weight excluding hydrogens is 382 g/mol. The number of methoxy groups -OCH3 is 2. The third-order valence-electron chi connectivity index (χ3n) is 5.20. The SMILES string of the molecule is CCCOc1ccc([C@H]2C(C(=O)OC)=C(C)Nc3nc4ccccc4n32)cc1OC. The smallest absolute Gasteiger partial charge is 0.337 e. The molecule has 1 N–H and O–H groups in total. The fourth-order valence-corrected chi connectivity index (χ4v) is 3.84. The third kappa shape index (κ3) is 3.26. The van der Waals surface area contributed by atoms with E-state index in [1.54, 1.807) is 7.11 Å². The zero-order valence-corrected chi connectivity index (χ0v) is 17.6. The lowest BCUT2D eigenvalue weighted by atomic mass is 9.94. The first-order valence-corrected chi connectivity index (χ1v) is 9.92. The summed E-state index contributed by atoms with van der Waals surface area (Å²) < 4.78 is 18.5. The van der Waals surface area contributed by atoms with Gasteiger partial charge >= 0.3 is 5.97 Å². The van der Waals surface area contributed by atoms with Gasteiger partial charge in [-0.25, -0.2) is 9.78 Å². The van der Waals surface area contributed by atoms with Gasteiger partial charge in [0.05, 0.1) is 43.5 Å². The van der Waals surface area contributed by atoms with Gasteiger partial charge in [0.2, 0.25) is 5.95 Å². The second-order valence-corrected chi connectivity index (χ2v) is 7.11. The summed E-state index contributed by atoms with van der Waals surface area (Å²) >= 11 is 0. The Bertz CT molecular complexity index is 1130. The molecule has 0 amide bonds. The lowest BCUT2D eigenvalue weighted by Crippen LogP contribution is -2.28. The monoisotopic (exact) mass is 407 g/mol. The fourth-order valence-electron chi connectivity index (χ4n) is 3.84. The molecule has 0 bridgehead atoms. The Hall–Kier alpha value is -3.48. The zero-order chi connectivity index (χ0) is 21.3. The highest BCUT2D eigenvalue weighted by Crippen LogP contribution is 2.41. The number of hydrogen-bond acceptors (Lipinski definition) is 6. The Kier molecular flexibility index (Phi) is 5.35. The van der Waals surface area contributed by atoms with Crippen molar-refractivity contribution in [1.82, 2.24) is 9.55 Å². The fraction of sp³-hybridized carbons (Fsp3) is 0.304. The van der Waals surface area contributed by atoms with E-state index in [4.69, 9.17) is 19.2 Å². The van der Waals surface area contributed by atoms with Crippen LogP contribution in [-0.2, 0) is 9.53 Å². The summed E-state index contributed by atoms with van der Waals surface area (Å²) in [4.78, 5) is 17.5. The highest BCUT2D eigenvalue weighted by molar-refractivity contribution is 5.94. The van der Waals surface area contributed by atoms with Crippen molar-refractivity contribution >= 4 is 23.0 Å². The molecule has 0 radical (unpaired) electrons. The molecule has 2 aromatic carbocycles. The molecule has 0 saturated carbocycles. The zero-order valence-electron chi connectivity index (χ0n) is 17.6. The molecule has 0 aliphatic carbocycles. The quantitative estimate of drug-likeness (QED) is 0.614. The molecule has 0 spiro atoms. The molecule has 156 valence electrons. The van der Waals surface area contributed by atoms with Gasteiger partial charge in [-0.15, -0.1) is 0 Å². The summed E-state index contributed by atoms with van der Waals surface area (Å²) in [6.07, 6.45) is 0.901. The molecule has 0 unspecified atom stereocenters. The van der Waals surface area contributed by atoms with Crippen LogP contribution >= 0.6 is 0 Å². The number of para-hydroxylation sites is 2. The van der Waals surface area contributed by atoms with Crippen molar-refractivity contribution < 1.29 is 19.0 Å². The van der Waals surface area contributed by atoms with Crippen LogP contribution in [0.3, 0.4) is 0 Å². The first-order valence-electron chi connectivity index (χ1n) is 9.92. The first kappa shape index (κ1) is 19.8. The van der Waals surface area contributed by atoms with Crippen LogP contribution in [-0.4, -0.2) is 36.3 Å². The average Bonchev–Trinajstić information content (AvgIpc) is 3.13. The van der Waals surface area contributed by atoms with Gasteiger partial charge in [-0.2, -0.15) is 0 Å². The molecule has 30 heavy (non-hydrogen) atoms. The number of anilines is 1. The van der Waals surface area contributed by atoms with Crippen molar-refractivity contribution in [2.75, 3.05) is 26.1 Å². The number of hydrogen-bond donors (Lipinski definition) is 1. The number of carbonyl (C=O) groups is 1. The number of aromatic nitrogens is 2. The summed E-state index contributed by atoms with van der Waals surface area (Å²) in [6.45, 7) is 4.52. The molecular formula is C23H25N3O4. The van der Waals surface area contributed by atoms with Crippen LogP contribution in [0.1, 0.15) is 31.9 Å². The van der Waals surface area contributed by atoms with Gasteiger partial charge < -0.3 is 19.5 Å². The predicted molar refractivity (Wildman–Crippen MR) is 115 cm³/mol. The lowest BCUT2D eigenvalue weighted by molar-refractivity contribution is -0.136. The van der Waals surface area contributed by atoms with E-state index in [0.29, 0.717) is 35.3 Å². The van der Waals surface area contributed by atoms with Gasteiger partial charge in [0.1, 0.15) is 0 Å². The van der Waals surface area contributed by atoms with Gasteiger partial charge in [0, 0.05) is 5.70 Å². The van der Waals surface area contributed by atoms with Crippen molar-refractivity contribution in [3.05, 3.63) is 59.3 Å². The van der Waals surface area contributed by atoms with E-state index in [2.05, 4.69) is 12.2 Å². The number of rotatable bonds is 6. The maximum atomic E-state index is 12.8. The van der Waals surface area contributed by atoms with Crippen molar-refractivity contribution in [3.8, 4) is 11.5 Å². The molecule has 4 rings (SSSR count). The second kappa shape index (κ2) is 8.10. The summed E-state index contributed by atoms with van der Waals surface area (Å²) in [6, 6.07) is 13.2. The molecule has 7 heteroatoms. The maximum absolute atomic E-state index is 12.8. The van der Waals surface area contributed by atoms with Crippen LogP contribution in [0.4, 0.5) is 5.95 Å². The minimum absolute atomic E-state index is 0.390. The average molecular weight is 407 g/mol. The minimum atomic E-state index is -0.421. The van der Waals surface area contributed by atoms with Gasteiger partial charge in [0.25, 0.3) is 0 Å². The molecule has 3 aromatic rings. The third-order valence-corrected chi connectivity index (χ3v) is 5.20. The number of nitrogens with one attached hydrogen (secondary N) is 1. The Labute approximate surface area is 175 Å². The van der Waals surface area contributed by atoms with Crippen molar-refractivity contribution in [2.45, 2.75) is 26.3 Å². The van der Waals surface area contributed by atoms with E-state index >= 15 is 0 Å². The Morgan fingerprint density at radius 2 is 1.97 bits per heavy atom. The summed E-state index contributed by atoms with van der Waals surface area (Å²) in [7, 11) is 3.00. The second-order valence-electron chi connectivity index (χ2n) is 7.11. The normalized spacial score (nSPS) is 15.5. The number of benzene rings is 2. The largest absolute Gasteiger partial charge is 0.493 e. The van der Waals surface area contributed by atoms with E-state index in [1.807, 2.05) is 54.0 Å². The van der Waals surface area contributed by atoms with Crippen molar-refractivity contribution in [1.29, 1.82) is 0 Å². The Morgan fingerprint density at radius 1 is 1.17 bits per heavy atom. The van der Waals surface area contributed by atoms with Crippen LogP contribution in [0.2, 0.25) is 0 Å². The van der Waals surface area contributed by atoms with E-state index in [9.17, 15) is 4.79 Å². The minimum Gasteiger partial charge on any atom is -0.493 e. The molecule has 1 aliphatic heterocycles. The number of fused-ring (bicyclic) bond motifs is 3. The van der Waals surface area contributed by atoms with E-state index in [-0.39, 0.29) is 0 Å². The van der Waals surface area contributed by atoms with E-state index in [1.165, 1.54) is 7.11 Å². The maximum Gasteiger partial charge on any atom is 0.337 e. The molecule has 1 aromatic heterocycles. The predicted octanol–water partition coefficient (Wildman–Crippen LogP) is 4.30. The summed E-state index contributed by atoms with van der Waals surface area (Å²) in [5.74, 6) is 1.58. The molecule has 0 saturated heterocycles. The van der Waals surface area contributed by atoms with Crippen LogP contribution in [0, 0.1) is 0 Å². The number of nitrogens with zero attached hydrogens (tertiary/aromatic N) is 2. The summed E-state index contributed by atoms with van der Waals surface area (Å²) in [5, 5.41) is 3.26. The van der Waals surface area contributed by atoms with Gasteiger partial charge in [0.15, 0.2) is 11.5 Å². The Morgan fingerprint density at radius 3 is 2.70 bits per heavy atom. The van der Waals surface area contributed by atoms with Crippen LogP contribution < -0.4 is 14.8 Å². The highest BCUT2D eigenvalue weighted by Gasteiger charge is 2.35. The molecule has 2 heterocycles. The van der Waals surface area contributed by atoms with Crippen molar-refractivity contribution in [2.24, 2.45) is 0 Å². The highest BCUT2D eigenvalue weighted by atomic mass is 16.5. The molecule has 1 aliphatic rings. The molecule has 0 fully saturated rings. The van der Waals surface area contributed by atoms with Gasteiger partial charge in [-0.1, -0.05) is 25.1 Å². The molecule has 7 nitrogen and oxygen atoms in total. The Balaban J connectivity index is 1.92. The number of imidazole rings is 1. The number of ether oxygens (including phenoxy) is 3. The summed E-state index contributed by atoms with van der Waals surface area (Å²) in [5.41, 5.74) is 3.88. The van der Waals surface area contributed by atoms with Gasteiger partial charge in [-0.05, 0) is 43.2 Å². The van der Waals surface area contributed by atoms with E-state index in [0.717, 1.165) is 23.0 Å². The topological polar surface area (TPSA) is 74.6 Å². The van der Waals surface area contributed by atoms with Crippen molar-refractivity contribution in [3.63, 3.8) is 0 Å². The van der Waals surface area contributed by atoms with Crippen LogP contribution in [0.15, 0.2) is 53.7 Å². The standard InChI is InChI=1S/C23H25N3O4/c1-5-12-30-18-11-10-15(13-19(18)28-3)21-20(22(27)29-4)14(2)24-23-25-16-8-6-7-9-17(16)26(21)23/h6-11,13,21H,5,12H2,1-4H3,(H,24,25)/t21-/m0/s1. The van der Waals surface area contributed by atoms with Gasteiger partial charge in [-0.3, -0.25) is 4.57 Å². The molecule has 1 atom stereocenters. The van der Waals surface area contributed by atoms with E-state index < -0.39 is 12.0 Å². The first-order chi connectivity index (χ1) is 14.6. The number of allylic oxidation sites excluding steroid dienone is 1. The van der Waals surface area contributed by atoms with Crippen LogP contribution in [0.25, 0.3) is 11.0 Å². The number of carbonyl (C=O) groups excluding carboxylic acids is 1. The number of esters is 1.